The summed E-state index contributed by atoms with van der Waals surface area (Å²) in [6.07, 6.45) is 44.9. The quantitative estimate of drug-likeness (QED) is 0.0267. The van der Waals surface area contributed by atoms with Gasteiger partial charge < -0.3 is 20.1 Å². The van der Waals surface area contributed by atoms with Gasteiger partial charge in [-0.15, -0.1) is 0 Å². The summed E-state index contributed by atoms with van der Waals surface area (Å²) in [7, 11) is -4.37. The Morgan fingerprint density at radius 3 is 1.42 bits per heavy atom. The largest absolute Gasteiger partial charge is 0.472 e. The number of phosphoric acid groups is 1. The van der Waals surface area contributed by atoms with E-state index in [9.17, 15) is 19.0 Å². The van der Waals surface area contributed by atoms with E-state index >= 15 is 0 Å². The van der Waals surface area contributed by atoms with Crippen molar-refractivity contribution in [1.29, 1.82) is 0 Å². The van der Waals surface area contributed by atoms with Crippen LogP contribution in [0.4, 0.5) is 0 Å². The first kappa shape index (κ1) is 53.5. The molecule has 0 amide bonds. The van der Waals surface area contributed by atoms with E-state index in [2.05, 4.69) is 38.2 Å². The van der Waals surface area contributed by atoms with Crippen LogP contribution in [0.15, 0.2) is 24.3 Å². The van der Waals surface area contributed by atoms with E-state index in [0.29, 0.717) is 6.42 Å². The summed E-state index contributed by atoms with van der Waals surface area (Å²) in [6.45, 7) is 3.73. The first-order valence-electron chi connectivity index (χ1n) is 22.8. The van der Waals surface area contributed by atoms with Gasteiger partial charge in [-0.2, -0.15) is 0 Å². The molecule has 0 fully saturated rings. The third-order valence-corrected chi connectivity index (χ3v) is 10.8. The second-order valence-electron chi connectivity index (χ2n) is 15.3. The summed E-state index contributed by atoms with van der Waals surface area (Å²) in [4.78, 5) is 34.9. The van der Waals surface area contributed by atoms with Gasteiger partial charge in [-0.1, -0.05) is 186 Å². The minimum atomic E-state index is -4.37. The molecule has 0 aromatic rings. The minimum Gasteiger partial charge on any atom is -0.462 e. The first-order valence-corrected chi connectivity index (χ1v) is 24.3. The Hall–Kier alpha value is -1.51. The van der Waals surface area contributed by atoms with E-state index in [1.54, 1.807) is 0 Å². The highest BCUT2D eigenvalue weighted by molar-refractivity contribution is 7.47. The van der Waals surface area contributed by atoms with Crippen molar-refractivity contribution in [3.63, 3.8) is 0 Å². The fourth-order valence-corrected chi connectivity index (χ4v) is 7.20. The van der Waals surface area contributed by atoms with Gasteiger partial charge in [0.25, 0.3) is 0 Å². The molecule has 0 radical (unpaired) electrons. The molecule has 0 heterocycles. The lowest BCUT2D eigenvalue weighted by Gasteiger charge is -2.19. The average molecular weight is 800 g/mol. The van der Waals surface area contributed by atoms with Crippen molar-refractivity contribution in [2.75, 3.05) is 26.4 Å². The molecule has 3 N–H and O–H groups in total. The molecule has 324 valence electrons. The Morgan fingerprint density at radius 1 is 0.545 bits per heavy atom. The van der Waals surface area contributed by atoms with Gasteiger partial charge in [-0.05, 0) is 44.9 Å². The maximum absolute atomic E-state index is 12.6. The molecule has 10 heteroatoms. The zero-order valence-electron chi connectivity index (χ0n) is 35.7. The van der Waals surface area contributed by atoms with E-state index in [1.165, 1.54) is 135 Å². The van der Waals surface area contributed by atoms with Gasteiger partial charge in [0.2, 0.25) is 0 Å². The molecule has 0 aliphatic rings. The number of allylic oxidation sites excluding steroid dienone is 4. The van der Waals surface area contributed by atoms with Crippen LogP contribution in [0.25, 0.3) is 0 Å². The normalized spacial score (nSPS) is 13.5. The molecule has 0 saturated carbocycles. The predicted molar refractivity (Wildman–Crippen MR) is 229 cm³/mol. The number of hydrogen-bond acceptors (Lipinski definition) is 8. The van der Waals surface area contributed by atoms with Crippen LogP contribution in [0.1, 0.15) is 219 Å². The molecule has 1 unspecified atom stereocenters. The lowest BCUT2D eigenvalue weighted by molar-refractivity contribution is -0.161. The Labute approximate surface area is 338 Å². The molecule has 0 saturated heterocycles. The number of rotatable bonds is 43. The monoisotopic (exact) mass is 800 g/mol. The van der Waals surface area contributed by atoms with Crippen LogP contribution >= 0.6 is 7.82 Å². The first-order chi connectivity index (χ1) is 26.8. The van der Waals surface area contributed by atoms with Gasteiger partial charge in [-0.3, -0.25) is 18.6 Å². The second kappa shape index (κ2) is 42.1. The van der Waals surface area contributed by atoms with E-state index in [4.69, 9.17) is 24.3 Å². The van der Waals surface area contributed by atoms with Crippen molar-refractivity contribution in [3.8, 4) is 0 Å². The van der Waals surface area contributed by atoms with Crippen molar-refractivity contribution in [1.82, 2.24) is 0 Å². The number of nitrogens with two attached hydrogens (primary N) is 1. The Bertz CT molecular complexity index is 959. The average Bonchev–Trinajstić information content (AvgIpc) is 3.17. The van der Waals surface area contributed by atoms with Crippen molar-refractivity contribution < 1.29 is 37.6 Å². The molecule has 0 aliphatic carbocycles. The van der Waals surface area contributed by atoms with Crippen molar-refractivity contribution in [2.45, 2.75) is 225 Å². The molecule has 0 bridgehead atoms. The number of carbonyl (C=O) groups excluding carboxylic acids is 2. The van der Waals surface area contributed by atoms with Gasteiger partial charge in [-0.25, -0.2) is 4.57 Å². The Morgan fingerprint density at radius 2 is 0.945 bits per heavy atom. The second-order valence-corrected chi connectivity index (χ2v) is 16.7. The summed E-state index contributed by atoms with van der Waals surface area (Å²) in [5.74, 6) is -0.824. The maximum Gasteiger partial charge on any atom is 0.472 e. The number of ether oxygens (including phenoxy) is 2. The molecule has 9 nitrogen and oxygen atoms in total. The highest BCUT2D eigenvalue weighted by Gasteiger charge is 2.26. The molecular formula is C45H86NO8P. The number of unbranched alkanes of at least 4 members (excludes halogenated alkanes) is 26. The number of hydrogen-bond donors (Lipinski definition) is 2. The highest BCUT2D eigenvalue weighted by atomic mass is 31.2. The number of carbonyl (C=O) groups is 2. The van der Waals surface area contributed by atoms with Crippen LogP contribution in [0, 0.1) is 0 Å². The van der Waals surface area contributed by atoms with Crippen LogP contribution in [0.5, 0.6) is 0 Å². The lowest BCUT2D eigenvalue weighted by atomic mass is 10.0. The smallest absolute Gasteiger partial charge is 0.462 e. The Kier molecular flexibility index (Phi) is 40.9. The predicted octanol–water partition coefficient (Wildman–Crippen LogP) is 13.2. The zero-order valence-corrected chi connectivity index (χ0v) is 36.6. The van der Waals surface area contributed by atoms with Crippen LogP contribution in [-0.2, 0) is 32.7 Å². The molecule has 2 atom stereocenters. The summed E-state index contributed by atoms with van der Waals surface area (Å²) in [6, 6.07) is 0. The maximum atomic E-state index is 12.6. The van der Waals surface area contributed by atoms with Gasteiger partial charge >= 0.3 is 19.8 Å². The third-order valence-electron chi connectivity index (χ3n) is 9.84. The van der Waals surface area contributed by atoms with Crippen molar-refractivity contribution in [2.24, 2.45) is 5.73 Å². The third kappa shape index (κ3) is 41.9. The SMILES string of the molecule is CCCCCC=CCC=CCCCCCCCCCCCC(=O)O[C@H](COC(=O)CCCCCCCCCCCCCCCCC)COP(=O)(O)OCCN. The van der Waals surface area contributed by atoms with Crippen molar-refractivity contribution in [3.05, 3.63) is 24.3 Å². The van der Waals surface area contributed by atoms with Crippen LogP contribution in [-0.4, -0.2) is 49.3 Å². The van der Waals surface area contributed by atoms with E-state index in [0.717, 1.165) is 51.4 Å². The molecular weight excluding hydrogens is 713 g/mol. The highest BCUT2D eigenvalue weighted by Crippen LogP contribution is 2.43. The molecule has 55 heavy (non-hydrogen) atoms. The zero-order chi connectivity index (χ0) is 40.3. The fraction of sp³-hybridized carbons (Fsp3) is 0.867. The number of esters is 2. The topological polar surface area (TPSA) is 134 Å². The molecule has 0 aromatic carbocycles. The standard InChI is InChI=1S/C45H86NO8P/c1-3-5-7-9-11-13-15-17-19-20-21-22-24-26-28-30-32-34-36-38-45(48)54-43(42-53-55(49,50)52-40-39-46)41-51-44(47)37-35-33-31-29-27-25-23-18-16-14-12-10-8-6-4-2/h11,13,17,19,43H,3-10,12,14-16,18,20-42,46H2,1-2H3,(H,49,50)/t43-/m1/s1. The number of phosphoric ester groups is 1. The van der Waals surface area contributed by atoms with Gasteiger partial charge in [0.1, 0.15) is 6.61 Å². The van der Waals surface area contributed by atoms with Crippen LogP contribution in [0.3, 0.4) is 0 Å². The van der Waals surface area contributed by atoms with Gasteiger partial charge in [0, 0.05) is 19.4 Å². The summed E-state index contributed by atoms with van der Waals surface area (Å²) >= 11 is 0. The molecule has 0 aliphatic heterocycles. The van der Waals surface area contributed by atoms with Crippen molar-refractivity contribution >= 4 is 19.8 Å². The van der Waals surface area contributed by atoms with E-state index in [1.807, 2.05) is 0 Å². The van der Waals surface area contributed by atoms with Gasteiger partial charge in [0.15, 0.2) is 6.10 Å². The molecule has 0 aromatic heterocycles. The van der Waals surface area contributed by atoms with Crippen LogP contribution < -0.4 is 5.73 Å². The van der Waals surface area contributed by atoms with Crippen LogP contribution in [0.2, 0.25) is 0 Å². The summed E-state index contributed by atoms with van der Waals surface area (Å²) < 4.78 is 32.8. The molecule has 0 spiro atoms. The Balaban J connectivity index is 4.10. The summed E-state index contributed by atoms with van der Waals surface area (Å²) in [5, 5.41) is 0. The fourth-order valence-electron chi connectivity index (χ4n) is 6.43. The minimum absolute atomic E-state index is 0.0544. The summed E-state index contributed by atoms with van der Waals surface area (Å²) in [5.41, 5.74) is 5.35. The van der Waals surface area contributed by atoms with E-state index in [-0.39, 0.29) is 38.6 Å². The lowest BCUT2D eigenvalue weighted by Crippen LogP contribution is -2.29. The van der Waals surface area contributed by atoms with E-state index < -0.39 is 26.5 Å². The molecule has 0 rings (SSSR count). The van der Waals surface area contributed by atoms with Gasteiger partial charge in [0.05, 0.1) is 13.2 Å².